The molecule has 0 atom stereocenters. The van der Waals surface area contributed by atoms with E-state index in [2.05, 4.69) is 23.2 Å². The predicted octanol–water partition coefficient (Wildman–Crippen LogP) is 7.55. The average molecular weight is 522 g/mol. The fourth-order valence-corrected chi connectivity index (χ4v) is 19.5. The summed E-state index contributed by atoms with van der Waals surface area (Å²) in [6.07, 6.45) is 1.03. The number of benzene rings is 1. The molecule has 0 aliphatic rings. The molecule has 26 heavy (non-hydrogen) atoms. The van der Waals surface area contributed by atoms with Crippen molar-refractivity contribution >= 4 is 101 Å². The summed E-state index contributed by atoms with van der Waals surface area (Å²) in [5, 5.41) is 0. The zero-order valence-electron chi connectivity index (χ0n) is 14.4. The van der Waals surface area contributed by atoms with Gasteiger partial charge in [-0.15, -0.1) is 11.3 Å². The Labute approximate surface area is 186 Å². The molecular formula is C13H19NO3S8Si. The molecule has 1 aromatic heterocycles. The first-order chi connectivity index (χ1) is 12.7. The van der Waals surface area contributed by atoms with Crippen LogP contribution >= 0.6 is 82.1 Å². The molecule has 2 rings (SSSR count). The van der Waals surface area contributed by atoms with Gasteiger partial charge in [-0.3, -0.25) is 0 Å². The van der Waals surface area contributed by atoms with Crippen LogP contribution < -0.4 is 0 Å². The van der Waals surface area contributed by atoms with Gasteiger partial charge in [-0.25, -0.2) is 4.98 Å². The third-order valence-electron chi connectivity index (χ3n) is 3.18. The number of thiazole rings is 1. The Morgan fingerprint density at radius 2 is 1.65 bits per heavy atom. The van der Waals surface area contributed by atoms with E-state index in [9.17, 15) is 0 Å². The molecule has 0 aliphatic heterocycles. The highest BCUT2D eigenvalue weighted by atomic mass is 33.9. The Morgan fingerprint density at radius 1 is 0.962 bits per heavy atom. The molecular weight excluding hydrogens is 503 g/mol. The number of hydrogen-bond donors (Lipinski definition) is 0. The Bertz CT molecular complexity index is 603. The summed E-state index contributed by atoms with van der Waals surface area (Å²) >= 11 is 1.75. The Balaban J connectivity index is 1.47. The van der Waals surface area contributed by atoms with Crippen LogP contribution in [0, 0.1) is 0 Å². The first kappa shape index (κ1) is 23.9. The minimum Gasteiger partial charge on any atom is -0.377 e. The van der Waals surface area contributed by atoms with Crippen LogP contribution in [0.15, 0.2) is 28.6 Å². The van der Waals surface area contributed by atoms with E-state index in [1.165, 1.54) is 4.70 Å². The minimum absolute atomic E-state index is 0.852. The van der Waals surface area contributed by atoms with Gasteiger partial charge in [0.15, 0.2) is 4.34 Å². The van der Waals surface area contributed by atoms with Gasteiger partial charge in [-0.1, -0.05) is 22.9 Å². The molecule has 1 heterocycles. The molecule has 0 bridgehead atoms. The van der Waals surface area contributed by atoms with E-state index in [0.29, 0.717) is 0 Å². The van der Waals surface area contributed by atoms with E-state index in [-0.39, 0.29) is 0 Å². The standard InChI is InChI=1S/C13H19NO3S8Si/c1-15-26(16-2,17-3)10-6-9-18-21-23-25-24-22-20-13-14-11-7-4-5-8-12(11)19-13/h4-5,7-8H,6,9-10H2,1-3H3. The van der Waals surface area contributed by atoms with Crippen LogP contribution in [0.25, 0.3) is 10.2 Å². The van der Waals surface area contributed by atoms with Gasteiger partial charge in [0.25, 0.3) is 0 Å². The monoisotopic (exact) mass is 521 g/mol. The lowest BCUT2D eigenvalue weighted by molar-refractivity contribution is 0.123. The number of rotatable bonds is 14. The van der Waals surface area contributed by atoms with Crippen molar-refractivity contribution in [2.45, 2.75) is 16.8 Å². The third kappa shape index (κ3) is 8.18. The first-order valence-electron chi connectivity index (χ1n) is 7.37. The van der Waals surface area contributed by atoms with Gasteiger partial charge in [0, 0.05) is 33.1 Å². The number of fused-ring (bicyclic) bond motifs is 1. The first-order valence-corrected chi connectivity index (χ1v) is 19.1. The van der Waals surface area contributed by atoms with Crippen molar-refractivity contribution in [2.75, 3.05) is 27.1 Å². The summed E-state index contributed by atoms with van der Waals surface area (Å²) in [5.74, 6) is 1.06. The zero-order valence-corrected chi connectivity index (χ0v) is 21.9. The predicted molar refractivity (Wildman–Crippen MR) is 132 cm³/mol. The Kier molecular flexibility index (Phi) is 12.7. The second-order valence-electron chi connectivity index (χ2n) is 4.59. The van der Waals surface area contributed by atoms with Crippen molar-refractivity contribution in [2.24, 2.45) is 0 Å². The molecule has 146 valence electrons. The van der Waals surface area contributed by atoms with Gasteiger partial charge in [0.05, 0.1) is 10.2 Å². The number of aromatic nitrogens is 1. The van der Waals surface area contributed by atoms with Crippen LogP contribution in [0.5, 0.6) is 0 Å². The maximum Gasteiger partial charge on any atom is 0.500 e. The number of para-hydroxylation sites is 1. The smallest absolute Gasteiger partial charge is 0.377 e. The normalized spacial score (nSPS) is 12.1. The second kappa shape index (κ2) is 13.8. The molecule has 0 saturated heterocycles. The lowest BCUT2D eigenvalue weighted by Crippen LogP contribution is -2.42. The number of hydrogen-bond acceptors (Lipinski definition) is 12. The molecule has 0 fully saturated rings. The van der Waals surface area contributed by atoms with Crippen LogP contribution in [-0.2, 0) is 13.3 Å². The summed E-state index contributed by atoms with van der Waals surface area (Å²) < 4.78 is 18.6. The maximum absolute atomic E-state index is 5.42. The Morgan fingerprint density at radius 3 is 2.38 bits per heavy atom. The van der Waals surface area contributed by atoms with Crippen LogP contribution in [0.4, 0.5) is 0 Å². The maximum atomic E-state index is 5.42. The van der Waals surface area contributed by atoms with E-state index in [1.54, 1.807) is 82.8 Å². The van der Waals surface area contributed by atoms with E-state index in [0.717, 1.165) is 28.1 Å². The molecule has 0 aliphatic carbocycles. The quantitative estimate of drug-likeness (QED) is 0.140. The van der Waals surface area contributed by atoms with Crippen molar-refractivity contribution in [3.05, 3.63) is 24.3 Å². The topological polar surface area (TPSA) is 40.6 Å². The highest BCUT2D eigenvalue weighted by Crippen LogP contribution is 2.56. The van der Waals surface area contributed by atoms with Crippen molar-refractivity contribution < 1.29 is 13.3 Å². The second-order valence-corrected chi connectivity index (χ2v) is 20.2. The van der Waals surface area contributed by atoms with E-state index in [1.807, 2.05) is 26.7 Å². The molecule has 0 saturated carbocycles. The van der Waals surface area contributed by atoms with Crippen molar-refractivity contribution in [1.82, 2.24) is 4.98 Å². The van der Waals surface area contributed by atoms with Gasteiger partial charge in [-0.05, 0) is 78.5 Å². The van der Waals surface area contributed by atoms with Gasteiger partial charge in [0.1, 0.15) is 0 Å². The van der Waals surface area contributed by atoms with Crippen LogP contribution in [0.2, 0.25) is 6.04 Å². The highest BCUT2D eigenvalue weighted by Gasteiger charge is 2.36. The van der Waals surface area contributed by atoms with E-state index in [4.69, 9.17) is 13.3 Å². The fourth-order valence-electron chi connectivity index (χ4n) is 1.92. The summed E-state index contributed by atoms with van der Waals surface area (Å²) in [6, 6.07) is 9.11. The largest absolute Gasteiger partial charge is 0.500 e. The van der Waals surface area contributed by atoms with Gasteiger partial charge in [0.2, 0.25) is 0 Å². The summed E-state index contributed by atoms with van der Waals surface area (Å²) in [4.78, 5) is 4.62. The van der Waals surface area contributed by atoms with Crippen LogP contribution in [-0.4, -0.2) is 40.9 Å². The van der Waals surface area contributed by atoms with Gasteiger partial charge < -0.3 is 13.3 Å². The summed E-state index contributed by atoms with van der Waals surface area (Å²) in [6.45, 7) is 0. The summed E-state index contributed by atoms with van der Waals surface area (Å²) in [5.41, 5.74) is 1.09. The lowest BCUT2D eigenvalue weighted by Gasteiger charge is -2.23. The summed E-state index contributed by atoms with van der Waals surface area (Å²) in [7, 11) is 15.1. The molecule has 13 heteroatoms. The molecule has 0 amide bonds. The fraction of sp³-hybridized carbons (Fsp3) is 0.462. The Hall–Kier alpha value is 1.66. The van der Waals surface area contributed by atoms with Crippen LogP contribution in [0.1, 0.15) is 6.42 Å². The highest BCUT2D eigenvalue weighted by molar-refractivity contribution is 9.46. The molecule has 2 aromatic rings. The number of nitrogens with zero attached hydrogens (tertiary/aromatic N) is 1. The average Bonchev–Trinajstić information content (AvgIpc) is 3.09. The van der Waals surface area contributed by atoms with E-state index < -0.39 is 8.80 Å². The minimum atomic E-state index is -2.40. The molecule has 4 nitrogen and oxygen atoms in total. The lowest BCUT2D eigenvalue weighted by atomic mass is 10.3. The molecule has 0 unspecified atom stereocenters. The van der Waals surface area contributed by atoms with Crippen molar-refractivity contribution in [3.8, 4) is 0 Å². The van der Waals surface area contributed by atoms with Crippen molar-refractivity contribution in [1.29, 1.82) is 0 Å². The SMILES string of the molecule is CO[Si](CCCSSSSSSSc1nc2ccccc2s1)(OC)OC. The molecule has 0 spiro atoms. The van der Waals surface area contributed by atoms with Gasteiger partial charge in [-0.2, -0.15) is 0 Å². The third-order valence-corrected chi connectivity index (χ3v) is 20.3. The van der Waals surface area contributed by atoms with Crippen LogP contribution in [0.3, 0.4) is 0 Å². The van der Waals surface area contributed by atoms with E-state index >= 15 is 0 Å². The molecule has 0 N–H and O–H groups in total. The molecule has 1 aromatic carbocycles. The zero-order chi connectivity index (χ0) is 18.7. The van der Waals surface area contributed by atoms with Gasteiger partial charge >= 0.3 is 8.80 Å². The molecule has 0 radical (unpaired) electrons. The van der Waals surface area contributed by atoms with Crippen molar-refractivity contribution in [3.63, 3.8) is 0 Å².